The molecule has 0 spiro atoms. The fraction of sp³-hybridized carbons (Fsp3) is 0.467. The molecule has 3 nitrogen and oxygen atoms in total. The zero-order valence-electron chi connectivity index (χ0n) is 10.9. The standard InChI is InChI=1S/C15H18N2O/c1-15(2,11-16)8-10-17-9-7-14(18)12-5-3-4-6-13(12)17/h3-6H,7-10H2,1-2H3. The minimum atomic E-state index is -0.309. The first-order chi connectivity index (χ1) is 8.53. The number of fused-ring (bicyclic) bond motifs is 1. The summed E-state index contributed by atoms with van der Waals surface area (Å²) in [4.78, 5) is 14.0. The smallest absolute Gasteiger partial charge is 0.166 e. The molecule has 0 atom stereocenters. The molecule has 2 rings (SSSR count). The quantitative estimate of drug-likeness (QED) is 0.818. The molecule has 0 unspecified atom stereocenters. The third kappa shape index (κ3) is 2.53. The molecule has 1 aromatic carbocycles. The van der Waals surface area contributed by atoms with Gasteiger partial charge in [-0.3, -0.25) is 4.79 Å². The zero-order valence-corrected chi connectivity index (χ0v) is 10.9. The SMILES string of the molecule is CC(C)(C#N)CCN1CCC(=O)c2ccccc21. The van der Waals surface area contributed by atoms with Crippen LogP contribution >= 0.6 is 0 Å². The van der Waals surface area contributed by atoms with E-state index in [0.717, 1.165) is 30.8 Å². The van der Waals surface area contributed by atoms with Crippen LogP contribution < -0.4 is 4.90 Å². The lowest BCUT2D eigenvalue weighted by Crippen LogP contribution is -2.34. The van der Waals surface area contributed by atoms with Gasteiger partial charge in [0.15, 0.2) is 5.78 Å². The molecule has 1 aromatic rings. The molecule has 18 heavy (non-hydrogen) atoms. The van der Waals surface area contributed by atoms with Crippen molar-refractivity contribution < 1.29 is 4.79 Å². The molecular formula is C15H18N2O. The molecule has 1 heterocycles. The van der Waals surface area contributed by atoms with Gasteiger partial charge in [-0.1, -0.05) is 12.1 Å². The van der Waals surface area contributed by atoms with Crippen LogP contribution in [0.1, 0.15) is 37.0 Å². The summed E-state index contributed by atoms with van der Waals surface area (Å²) in [6, 6.07) is 10.1. The molecule has 0 fully saturated rings. The summed E-state index contributed by atoms with van der Waals surface area (Å²) < 4.78 is 0. The number of carbonyl (C=O) groups is 1. The summed E-state index contributed by atoms with van der Waals surface area (Å²) in [6.45, 7) is 5.49. The Morgan fingerprint density at radius 3 is 2.83 bits per heavy atom. The number of Topliss-reactive ketones (excluding diaryl/α,β-unsaturated/α-hetero) is 1. The van der Waals surface area contributed by atoms with Crippen LogP contribution in [0.15, 0.2) is 24.3 Å². The molecule has 0 radical (unpaired) electrons. The molecule has 0 N–H and O–H groups in total. The van der Waals surface area contributed by atoms with Crippen molar-refractivity contribution in [3.8, 4) is 6.07 Å². The highest BCUT2D eigenvalue weighted by Gasteiger charge is 2.24. The predicted molar refractivity (Wildman–Crippen MR) is 71.6 cm³/mol. The minimum Gasteiger partial charge on any atom is -0.370 e. The van der Waals surface area contributed by atoms with E-state index in [4.69, 9.17) is 5.26 Å². The van der Waals surface area contributed by atoms with E-state index in [2.05, 4.69) is 11.0 Å². The first-order valence-electron chi connectivity index (χ1n) is 6.32. The average molecular weight is 242 g/mol. The maximum absolute atomic E-state index is 11.8. The van der Waals surface area contributed by atoms with Crippen LogP contribution in [0.25, 0.3) is 0 Å². The highest BCUT2D eigenvalue weighted by molar-refractivity contribution is 6.03. The second-order valence-corrected chi connectivity index (χ2v) is 5.42. The predicted octanol–water partition coefficient (Wildman–Crippen LogP) is 3.02. The van der Waals surface area contributed by atoms with E-state index in [1.165, 1.54) is 0 Å². The van der Waals surface area contributed by atoms with E-state index in [0.29, 0.717) is 6.42 Å². The Labute approximate surface area is 108 Å². The van der Waals surface area contributed by atoms with Crippen LogP contribution in [-0.2, 0) is 0 Å². The Kier molecular flexibility index (Phi) is 3.38. The van der Waals surface area contributed by atoms with E-state index in [1.807, 2.05) is 38.1 Å². The van der Waals surface area contributed by atoms with Gasteiger partial charge in [0, 0.05) is 30.8 Å². The van der Waals surface area contributed by atoms with Crippen LogP contribution in [0.4, 0.5) is 5.69 Å². The zero-order chi connectivity index (χ0) is 13.2. The van der Waals surface area contributed by atoms with E-state index >= 15 is 0 Å². The largest absolute Gasteiger partial charge is 0.370 e. The Bertz CT molecular complexity index is 499. The number of hydrogen-bond donors (Lipinski definition) is 0. The van der Waals surface area contributed by atoms with Crippen molar-refractivity contribution in [2.45, 2.75) is 26.7 Å². The highest BCUT2D eigenvalue weighted by atomic mass is 16.1. The van der Waals surface area contributed by atoms with Crippen LogP contribution in [0, 0.1) is 16.7 Å². The number of rotatable bonds is 3. The van der Waals surface area contributed by atoms with Gasteiger partial charge in [0.25, 0.3) is 0 Å². The fourth-order valence-corrected chi connectivity index (χ4v) is 2.18. The summed E-state index contributed by atoms with van der Waals surface area (Å²) in [5.41, 5.74) is 1.53. The number of para-hydroxylation sites is 1. The number of nitrogens with zero attached hydrogens (tertiary/aromatic N) is 2. The first kappa shape index (κ1) is 12.6. The molecule has 1 aliphatic rings. The lowest BCUT2D eigenvalue weighted by molar-refractivity contribution is 0.0980. The first-order valence-corrected chi connectivity index (χ1v) is 6.32. The topological polar surface area (TPSA) is 44.1 Å². The van der Waals surface area contributed by atoms with E-state index < -0.39 is 0 Å². The third-order valence-electron chi connectivity index (χ3n) is 3.46. The monoisotopic (exact) mass is 242 g/mol. The molecule has 0 aliphatic carbocycles. The van der Waals surface area contributed by atoms with Crippen molar-refractivity contribution in [3.05, 3.63) is 29.8 Å². The molecule has 94 valence electrons. The van der Waals surface area contributed by atoms with Crippen molar-refractivity contribution in [2.24, 2.45) is 5.41 Å². The number of hydrogen-bond acceptors (Lipinski definition) is 3. The molecule has 0 bridgehead atoms. The Morgan fingerprint density at radius 1 is 1.39 bits per heavy atom. The molecule has 0 saturated heterocycles. The molecule has 0 aromatic heterocycles. The molecule has 0 amide bonds. The number of anilines is 1. The number of nitriles is 1. The summed E-state index contributed by atoms with van der Waals surface area (Å²) in [5, 5.41) is 9.04. The van der Waals surface area contributed by atoms with Gasteiger partial charge in [-0.15, -0.1) is 0 Å². The lowest BCUT2D eigenvalue weighted by atomic mass is 9.90. The number of carbonyl (C=O) groups excluding carboxylic acids is 1. The molecule has 3 heteroatoms. The van der Waals surface area contributed by atoms with Crippen molar-refractivity contribution in [1.29, 1.82) is 5.26 Å². The fourth-order valence-electron chi connectivity index (χ4n) is 2.18. The van der Waals surface area contributed by atoms with Crippen molar-refractivity contribution in [3.63, 3.8) is 0 Å². The van der Waals surface area contributed by atoms with Crippen molar-refractivity contribution in [1.82, 2.24) is 0 Å². The van der Waals surface area contributed by atoms with Gasteiger partial charge in [-0.2, -0.15) is 5.26 Å². The molecule has 0 saturated carbocycles. The number of ketones is 1. The normalized spacial score (nSPS) is 15.2. The Hall–Kier alpha value is -1.82. The molecular weight excluding hydrogens is 224 g/mol. The average Bonchev–Trinajstić information content (AvgIpc) is 2.38. The minimum absolute atomic E-state index is 0.224. The van der Waals surface area contributed by atoms with Crippen LogP contribution in [0.3, 0.4) is 0 Å². The second kappa shape index (κ2) is 4.81. The third-order valence-corrected chi connectivity index (χ3v) is 3.46. The van der Waals surface area contributed by atoms with Gasteiger partial charge >= 0.3 is 0 Å². The van der Waals surface area contributed by atoms with Crippen molar-refractivity contribution in [2.75, 3.05) is 18.0 Å². The van der Waals surface area contributed by atoms with Crippen LogP contribution in [-0.4, -0.2) is 18.9 Å². The summed E-state index contributed by atoms with van der Waals surface area (Å²) in [5.74, 6) is 0.224. The van der Waals surface area contributed by atoms with Crippen molar-refractivity contribution >= 4 is 11.5 Å². The maximum Gasteiger partial charge on any atom is 0.166 e. The maximum atomic E-state index is 11.8. The van der Waals surface area contributed by atoms with Gasteiger partial charge in [0.2, 0.25) is 0 Å². The van der Waals surface area contributed by atoms with E-state index in [9.17, 15) is 4.79 Å². The lowest BCUT2D eigenvalue weighted by Gasteiger charge is -2.32. The molecule has 1 aliphatic heterocycles. The van der Waals surface area contributed by atoms with Gasteiger partial charge in [0.05, 0.1) is 11.5 Å². The van der Waals surface area contributed by atoms with Gasteiger partial charge in [0.1, 0.15) is 0 Å². The summed E-state index contributed by atoms with van der Waals surface area (Å²) in [6.07, 6.45) is 1.38. The number of benzene rings is 1. The second-order valence-electron chi connectivity index (χ2n) is 5.42. The summed E-state index contributed by atoms with van der Waals surface area (Å²) >= 11 is 0. The highest BCUT2D eigenvalue weighted by Crippen LogP contribution is 2.28. The summed E-state index contributed by atoms with van der Waals surface area (Å²) in [7, 11) is 0. The van der Waals surface area contributed by atoms with Gasteiger partial charge < -0.3 is 4.90 Å². The van der Waals surface area contributed by atoms with E-state index in [1.54, 1.807) is 0 Å². The van der Waals surface area contributed by atoms with Crippen LogP contribution in [0.2, 0.25) is 0 Å². The van der Waals surface area contributed by atoms with Crippen LogP contribution in [0.5, 0.6) is 0 Å². The van der Waals surface area contributed by atoms with Gasteiger partial charge in [-0.05, 0) is 32.4 Å². The van der Waals surface area contributed by atoms with E-state index in [-0.39, 0.29) is 11.2 Å². The van der Waals surface area contributed by atoms with Gasteiger partial charge in [-0.25, -0.2) is 0 Å². The Morgan fingerprint density at radius 2 is 2.11 bits per heavy atom. The Balaban J connectivity index is 2.15.